The number of nitrogens with zero attached hydrogens (tertiary/aromatic N) is 2. The molecule has 9 heteroatoms. The molecule has 2 amide bonds. The van der Waals surface area contributed by atoms with E-state index in [1.54, 1.807) is 4.90 Å². The van der Waals surface area contributed by atoms with Crippen molar-refractivity contribution in [3.63, 3.8) is 0 Å². The van der Waals surface area contributed by atoms with Crippen molar-refractivity contribution in [3.8, 4) is 0 Å². The lowest BCUT2D eigenvalue weighted by Crippen LogP contribution is -2.54. The third kappa shape index (κ3) is 8.20. The Morgan fingerprint density at radius 2 is 1.51 bits per heavy atom. The SMILES string of the molecule is Cc1cccc(C)c1N(CC(=O)N(Cc1ccc(Br)cc1)[C@@H](Cc1ccccc1)C(=O)NC1CCCC1)S(C)(=O)=O. The van der Waals surface area contributed by atoms with Crippen LogP contribution < -0.4 is 9.62 Å². The highest BCUT2D eigenvalue weighted by Crippen LogP contribution is 2.28. The minimum Gasteiger partial charge on any atom is -0.352 e. The summed E-state index contributed by atoms with van der Waals surface area (Å²) in [6, 6.07) is 22.0. The van der Waals surface area contributed by atoms with Crippen LogP contribution in [0.5, 0.6) is 0 Å². The fourth-order valence-electron chi connectivity index (χ4n) is 5.48. The zero-order valence-corrected chi connectivity index (χ0v) is 26.2. The van der Waals surface area contributed by atoms with E-state index in [-0.39, 0.29) is 18.5 Å². The number of nitrogens with one attached hydrogen (secondary N) is 1. The maximum atomic E-state index is 14.3. The van der Waals surface area contributed by atoms with Crippen LogP contribution in [0.4, 0.5) is 5.69 Å². The van der Waals surface area contributed by atoms with Gasteiger partial charge in [-0.25, -0.2) is 8.42 Å². The van der Waals surface area contributed by atoms with Crippen LogP contribution in [-0.2, 0) is 32.6 Å². The minimum atomic E-state index is -3.81. The molecule has 0 heterocycles. The molecule has 0 aromatic heterocycles. The van der Waals surface area contributed by atoms with Gasteiger partial charge in [0.2, 0.25) is 21.8 Å². The Morgan fingerprint density at radius 3 is 2.10 bits per heavy atom. The Bertz CT molecular complexity index is 1440. The van der Waals surface area contributed by atoms with E-state index in [2.05, 4.69) is 21.2 Å². The van der Waals surface area contributed by atoms with Crippen LogP contribution in [0.25, 0.3) is 0 Å². The first-order valence-corrected chi connectivity index (χ1v) is 16.6. The maximum absolute atomic E-state index is 14.3. The number of carbonyl (C=O) groups is 2. The zero-order valence-electron chi connectivity index (χ0n) is 23.8. The van der Waals surface area contributed by atoms with E-state index in [1.165, 1.54) is 4.31 Å². The predicted octanol–water partition coefficient (Wildman–Crippen LogP) is 5.53. The van der Waals surface area contributed by atoms with Gasteiger partial charge >= 0.3 is 0 Å². The summed E-state index contributed by atoms with van der Waals surface area (Å²) in [5, 5.41) is 3.19. The molecule has 1 fully saturated rings. The average molecular weight is 641 g/mol. The van der Waals surface area contributed by atoms with Gasteiger partial charge in [0.15, 0.2) is 0 Å². The van der Waals surface area contributed by atoms with Crippen LogP contribution in [0.15, 0.2) is 77.3 Å². The summed E-state index contributed by atoms with van der Waals surface area (Å²) in [4.78, 5) is 29.7. The number of rotatable bonds is 11. The normalized spacial score (nSPS) is 14.4. The van der Waals surface area contributed by atoms with Crippen LogP contribution in [0, 0.1) is 13.8 Å². The number of para-hydroxylation sites is 1. The number of aryl methyl sites for hydroxylation is 2. The number of hydrogen-bond donors (Lipinski definition) is 1. The Hall–Kier alpha value is -3.17. The molecule has 0 unspecified atom stereocenters. The molecule has 0 aliphatic heterocycles. The van der Waals surface area contributed by atoms with Crippen molar-refractivity contribution in [2.75, 3.05) is 17.1 Å². The molecule has 3 aromatic carbocycles. The van der Waals surface area contributed by atoms with E-state index in [0.717, 1.165) is 58.7 Å². The van der Waals surface area contributed by atoms with Crippen molar-refractivity contribution in [2.45, 2.75) is 64.6 Å². The molecule has 0 saturated heterocycles. The van der Waals surface area contributed by atoms with E-state index in [0.29, 0.717) is 12.1 Å². The average Bonchev–Trinajstić information content (AvgIpc) is 3.44. The van der Waals surface area contributed by atoms with Gasteiger partial charge in [0.25, 0.3) is 0 Å². The highest BCUT2D eigenvalue weighted by atomic mass is 79.9. The van der Waals surface area contributed by atoms with E-state index in [1.807, 2.05) is 86.6 Å². The molecule has 41 heavy (non-hydrogen) atoms. The molecule has 0 radical (unpaired) electrons. The number of halogens is 1. The Balaban J connectivity index is 1.74. The fraction of sp³-hybridized carbons (Fsp3) is 0.375. The maximum Gasteiger partial charge on any atom is 0.244 e. The van der Waals surface area contributed by atoms with Gasteiger partial charge in [-0.3, -0.25) is 13.9 Å². The molecular weight excluding hydrogens is 602 g/mol. The summed E-state index contributed by atoms with van der Waals surface area (Å²) in [5.74, 6) is -0.660. The lowest BCUT2D eigenvalue weighted by Gasteiger charge is -2.34. The predicted molar refractivity (Wildman–Crippen MR) is 167 cm³/mol. The molecule has 7 nitrogen and oxygen atoms in total. The number of sulfonamides is 1. The Labute approximate surface area is 252 Å². The van der Waals surface area contributed by atoms with Crippen molar-refractivity contribution in [1.29, 1.82) is 0 Å². The van der Waals surface area contributed by atoms with Gasteiger partial charge in [0, 0.05) is 23.5 Å². The van der Waals surface area contributed by atoms with Crippen molar-refractivity contribution in [3.05, 3.63) is 99.5 Å². The van der Waals surface area contributed by atoms with Crippen LogP contribution in [0.3, 0.4) is 0 Å². The lowest BCUT2D eigenvalue weighted by molar-refractivity contribution is -0.140. The molecule has 0 spiro atoms. The summed E-state index contributed by atoms with van der Waals surface area (Å²) in [5.41, 5.74) is 3.75. The van der Waals surface area contributed by atoms with Crippen molar-refractivity contribution < 1.29 is 18.0 Å². The third-order valence-electron chi connectivity index (χ3n) is 7.61. The largest absolute Gasteiger partial charge is 0.352 e. The minimum absolute atomic E-state index is 0.0764. The van der Waals surface area contributed by atoms with Crippen molar-refractivity contribution >= 4 is 43.5 Å². The quantitative estimate of drug-likeness (QED) is 0.299. The summed E-state index contributed by atoms with van der Waals surface area (Å²) in [7, 11) is -3.81. The first kappa shape index (κ1) is 30.8. The zero-order chi connectivity index (χ0) is 29.6. The Kier molecular flexibility index (Phi) is 10.3. The van der Waals surface area contributed by atoms with Gasteiger partial charge in [-0.2, -0.15) is 0 Å². The van der Waals surface area contributed by atoms with Crippen LogP contribution in [-0.4, -0.2) is 50.0 Å². The van der Waals surface area contributed by atoms with E-state index < -0.39 is 28.5 Å². The smallest absolute Gasteiger partial charge is 0.244 e. The number of benzene rings is 3. The molecule has 1 N–H and O–H groups in total. The molecule has 218 valence electrons. The second-order valence-corrected chi connectivity index (χ2v) is 13.7. The van der Waals surface area contributed by atoms with Gasteiger partial charge in [0.1, 0.15) is 12.6 Å². The molecular formula is C32H38BrN3O4S. The third-order valence-corrected chi connectivity index (χ3v) is 9.25. The molecule has 3 aromatic rings. The topological polar surface area (TPSA) is 86.8 Å². The standard InChI is InChI=1S/C32H38BrN3O4S/c1-23-10-9-11-24(2)31(23)36(41(3,39)40)22-30(37)35(21-26-16-18-27(33)19-17-26)29(20-25-12-5-4-6-13-25)32(38)34-28-14-7-8-15-28/h4-6,9-13,16-19,28-29H,7-8,14-15,20-22H2,1-3H3,(H,34,38)/t29-/m0/s1. The van der Waals surface area contributed by atoms with E-state index >= 15 is 0 Å². The van der Waals surface area contributed by atoms with Gasteiger partial charge in [0.05, 0.1) is 11.9 Å². The molecule has 1 saturated carbocycles. The fourth-order valence-corrected chi connectivity index (χ4v) is 6.71. The first-order valence-electron chi connectivity index (χ1n) is 13.9. The number of carbonyl (C=O) groups excluding carboxylic acids is 2. The highest BCUT2D eigenvalue weighted by molar-refractivity contribution is 9.10. The summed E-state index contributed by atoms with van der Waals surface area (Å²) < 4.78 is 28.2. The molecule has 1 aliphatic carbocycles. The Morgan fingerprint density at radius 1 is 0.902 bits per heavy atom. The number of hydrogen-bond acceptors (Lipinski definition) is 4. The second-order valence-electron chi connectivity index (χ2n) is 10.9. The van der Waals surface area contributed by atoms with Gasteiger partial charge in [-0.15, -0.1) is 0 Å². The lowest BCUT2D eigenvalue weighted by atomic mass is 10.0. The number of anilines is 1. The first-order chi connectivity index (χ1) is 19.5. The summed E-state index contributed by atoms with van der Waals surface area (Å²) in [6.07, 6.45) is 5.38. The van der Waals surface area contributed by atoms with Crippen LogP contribution in [0.1, 0.15) is 47.9 Å². The van der Waals surface area contributed by atoms with Gasteiger partial charge in [-0.1, -0.05) is 89.4 Å². The molecule has 1 aliphatic rings. The van der Waals surface area contributed by atoms with Crippen LogP contribution >= 0.6 is 15.9 Å². The molecule has 4 rings (SSSR count). The van der Waals surface area contributed by atoms with E-state index in [9.17, 15) is 18.0 Å². The van der Waals surface area contributed by atoms with Crippen molar-refractivity contribution in [1.82, 2.24) is 10.2 Å². The monoisotopic (exact) mass is 639 g/mol. The summed E-state index contributed by atoms with van der Waals surface area (Å²) in [6.45, 7) is 3.41. The van der Waals surface area contributed by atoms with Crippen molar-refractivity contribution in [2.24, 2.45) is 0 Å². The number of amides is 2. The summed E-state index contributed by atoms with van der Waals surface area (Å²) >= 11 is 3.46. The van der Waals surface area contributed by atoms with Gasteiger partial charge in [-0.05, 0) is 61.1 Å². The van der Waals surface area contributed by atoms with Crippen LogP contribution in [0.2, 0.25) is 0 Å². The van der Waals surface area contributed by atoms with Gasteiger partial charge < -0.3 is 10.2 Å². The molecule has 0 bridgehead atoms. The second kappa shape index (κ2) is 13.7. The highest BCUT2D eigenvalue weighted by Gasteiger charge is 2.34. The van der Waals surface area contributed by atoms with E-state index in [4.69, 9.17) is 0 Å². The molecule has 1 atom stereocenters.